The Bertz CT molecular complexity index is 394. The van der Waals surface area contributed by atoms with Crippen LogP contribution < -0.4 is 0 Å². The highest BCUT2D eigenvalue weighted by atomic mass is 28.4. The van der Waals surface area contributed by atoms with Crippen LogP contribution in [-0.2, 0) is 13.3 Å². The van der Waals surface area contributed by atoms with Crippen LogP contribution in [0.25, 0.3) is 0 Å². The van der Waals surface area contributed by atoms with E-state index in [1.807, 2.05) is 27.7 Å². The SMILES string of the molecule is C#CC(C)(C)O[Si](OC)(OC(C)(C)C#C)C1CCCCC1. The van der Waals surface area contributed by atoms with Gasteiger partial charge in [-0.3, -0.25) is 0 Å². The normalized spacial score (nSPS) is 18.0. The zero-order chi connectivity index (χ0) is 16.1. The Morgan fingerprint density at radius 3 is 1.67 bits per heavy atom. The minimum absolute atomic E-state index is 0.261. The summed E-state index contributed by atoms with van der Waals surface area (Å²) in [6, 6.07) is 0. The van der Waals surface area contributed by atoms with E-state index in [9.17, 15) is 0 Å². The van der Waals surface area contributed by atoms with Crippen molar-refractivity contribution in [3.63, 3.8) is 0 Å². The third kappa shape index (κ3) is 4.87. The molecule has 0 spiro atoms. The lowest BCUT2D eigenvalue weighted by Crippen LogP contribution is -2.57. The summed E-state index contributed by atoms with van der Waals surface area (Å²) in [5, 5.41) is 0. The van der Waals surface area contributed by atoms with E-state index in [0.717, 1.165) is 12.8 Å². The second-order valence-corrected chi connectivity index (χ2v) is 9.50. The van der Waals surface area contributed by atoms with Gasteiger partial charge in [0.05, 0.1) is 0 Å². The highest BCUT2D eigenvalue weighted by Crippen LogP contribution is 2.42. The van der Waals surface area contributed by atoms with Crippen LogP contribution in [0.1, 0.15) is 59.8 Å². The monoisotopic (exact) mass is 308 g/mol. The molecule has 0 N–H and O–H groups in total. The van der Waals surface area contributed by atoms with Crippen LogP contribution in [0.4, 0.5) is 0 Å². The third-order valence-electron chi connectivity index (χ3n) is 3.88. The first-order chi connectivity index (χ1) is 9.70. The summed E-state index contributed by atoms with van der Waals surface area (Å²) in [4.78, 5) is 0. The van der Waals surface area contributed by atoms with Gasteiger partial charge in [-0.25, -0.2) is 0 Å². The van der Waals surface area contributed by atoms with E-state index in [4.69, 9.17) is 26.1 Å². The summed E-state index contributed by atoms with van der Waals surface area (Å²) in [5.41, 5.74) is -1.20. The predicted octanol–water partition coefficient (Wildman–Crippen LogP) is 3.76. The third-order valence-corrected chi connectivity index (χ3v) is 7.62. The van der Waals surface area contributed by atoms with Crippen LogP contribution in [0.15, 0.2) is 0 Å². The first-order valence-corrected chi connectivity index (χ1v) is 9.41. The molecular formula is C17H28O3Si. The highest BCUT2D eigenvalue weighted by molar-refractivity contribution is 6.62. The molecule has 118 valence electrons. The topological polar surface area (TPSA) is 27.7 Å². The van der Waals surface area contributed by atoms with Crippen molar-refractivity contribution in [3.8, 4) is 24.7 Å². The summed E-state index contributed by atoms with van der Waals surface area (Å²) in [6.45, 7) is 7.46. The van der Waals surface area contributed by atoms with E-state index in [1.165, 1.54) is 19.3 Å². The van der Waals surface area contributed by atoms with Gasteiger partial charge in [-0.05, 0) is 40.5 Å². The molecule has 0 unspecified atom stereocenters. The lowest BCUT2D eigenvalue weighted by atomic mass is 10.0. The molecule has 4 heteroatoms. The number of hydrogen-bond donors (Lipinski definition) is 0. The molecule has 1 fully saturated rings. The van der Waals surface area contributed by atoms with Gasteiger partial charge in [-0.1, -0.05) is 31.1 Å². The molecule has 0 bridgehead atoms. The molecule has 0 aliphatic heterocycles. The van der Waals surface area contributed by atoms with Crippen molar-refractivity contribution in [1.29, 1.82) is 0 Å². The number of terminal acetylenes is 2. The lowest BCUT2D eigenvalue weighted by molar-refractivity contribution is -0.0209. The van der Waals surface area contributed by atoms with Crippen LogP contribution in [0, 0.1) is 24.7 Å². The van der Waals surface area contributed by atoms with Crippen molar-refractivity contribution in [1.82, 2.24) is 0 Å². The van der Waals surface area contributed by atoms with Crippen molar-refractivity contribution in [2.45, 2.75) is 76.5 Å². The second-order valence-electron chi connectivity index (χ2n) is 6.66. The van der Waals surface area contributed by atoms with Gasteiger partial charge in [0.25, 0.3) is 0 Å². The van der Waals surface area contributed by atoms with Crippen molar-refractivity contribution < 1.29 is 13.3 Å². The molecule has 3 nitrogen and oxygen atoms in total. The quantitative estimate of drug-likeness (QED) is 0.552. The fraction of sp³-hybridized carbons (Fsp3) is 0.765. The number of hydrogen-bond acceptors (Lipinski definition) is 3. The molecular weight excluding hydrogens is 280 g/mol. The summed E-state index contributed by atoms with van der Waals surface area (Å²) in [7, 11) is -1.31. The van der Waals surface area contributed by atoms with Crippen LogP contribution in [0.2, 0.25) is 5.54 Å². The van der Waals surface area contributed by atoms with Crippen LogP contribution in [-0.4, -0.2) is 27.1 Å². The van der Waals surface area contributed by atoms with E-state index < -0.39 is 20.0 Å². The van der Waals surface area contributed by atoms with Gasteiger partial charge < -0.3 is 13.3 Å². The fourth-order valence-corrected chi connectivity index (χ4v) is 6.19. The minimum Gasteiger partial charge on any atom is -0.377 e. The van der Waals surface area contributed by atoms with E-state index in [2.05, 4.69) is 11.8 Å². The highest BCUT2D eigenvalue weighted by Gasteiger charge is 2.54. The van der Waals surface area contributed by atoms with E-state index in [-0.39, 0.29) is 5.54 Å². The first kappa shape index (κ1) is 18.3. The maximum absolute atomic E-state index is 6.26. The van der Waals surface area contributed by atoms with Gasteiger partial charge >= 0.3 is 8.80 Å². The van der Waals surface area contributed by atoms with Crippen molar-refractivity contribution in [2.24, 2.45) is 0 Å². The average Bonchev–Trinajstić information content (AvgIpc) is 2.47. The van der Waals surface area contributed by atoms with Crippen molar-refractivity contribution in [3.05, 3.63) is 0 Å². The maximum Gasteiger partial charge on any atom is 0.506 e. The molecule has 1 aliphatic rings. The summed E-state index contributed by atoms with van der Waals surface area (Å²) >= 11 is 0. The molecule has 0 aromatic carbocycles. The zero-order valence-electron chi connectivity index (χ0n) is 14.0. The Morgan fingerprint density at radius 2 is 1.33 bits per heavy atom. The van der Waals surface area contributed by atoms with E-state index in [1.54, 1.807) is 7.11 Å². The molecule has 0 aromatic heterocycles. The first-order valence-electron chi connectivity index (χ1n) is 7.61. The van der Waals surface area contributed by atoms with Crippen molar-refractivity contribution in [2.75, 3.05) is 7.11 Å². The average molecular weight is 308 g/mol. The minimum atomic E-state index is -2.97. The van der Waals surface area contributed by atoms with Gasteiger partial charge in [0.15, 0.2) is 0 Å². The summed E-state index contributed by atoms with van der Waals surface area (Å²) < 4.78 is 18.4. The van der Waals surface area contributed by atoms with E-state index in [0.29, 0.717) is 0 Å². The van der Waals surface area contributed by atoms with Crippen LogP contribution >= 0.6 is 0 Å². The Labute approximate surface area is 131 Å². The molecule has 1 rings (SSSR count). The molecule has 21 heavy (non-hydrogen) atoms. The Balaban J connectivity index is 3.12. The zero-order valence-corrected chi connectivity index (χ0v) is 15.0. The lowest BCUT2D eigenvalue weighted by Gasteiger charge is -2.43. The Morgan fingerprint density at radius 1 is 0.905 bits per heavy atom. The summed E-state index contributed by atoms with van der Waals surface area (Å²) in [6.07, 6.45) is 16.9. The van der Waals surface area contributed by atoms with Gasteiger partial charge in [0.2, 0.25) is 0 Å². The summed E-state index contributed by atoms with van der Waals surface area (Å²) in [5.74, 6) is 5.35. The fourth-order valence-electron chi connectivity index (χ4n) is 2.66. The molecule has 0 heterocycles. The van der Waals surface area contributed by atoms with Gasteiger partial charge in [0.1, 0.15) is 11.2 Å². The molecule has 1 saturated carbocycles. The van der Waals surface area contributed by atoms with Gasteiger partial charge in [0, 0.05) is 12.7 Å². The Kier molecular flexibility index (Phi) is 6.08. The van der Waals surface area contributed by atoms with Gasteiger partial charge in [-0.2, -0.15) is 0 Å². The predicted molar refractivity (Wildman–Crippen MR) is 87.6 cm³/mol. The molecule has 1 aliphatic carbocycles. The van der Waals surface area contributed by atoms with Crippen LogP contribution in [0.3, 0.4) is 0 Å². The smallest absolute Gasteiger partial charge is 0.377 e. The number of rotatable bonds is 6. The second kappa shape index (κ2) is 6.98. The molecule has 0 radical (unpaired) electrons. The molecule has 0 saturated heterocycles. The molecule has 0 aromatic rings. The molecule has 0 amide bonds. The largest absolute Gasteiger partial charge is 0.506 e. The van der Waals surface area contributed by atoms with Crippen molar-refractivity contribution >= 4 is 8.80 Å². The van der Waals surface area contributed by atoms with Gasteiger partial charge in [-0.15, -0.1) is 12.8 Å². The Hall–Kier alpha value is -0.783. The van der Waals surface area contributed by atoms with E-state index >= 15 is 0 Å². The molecule has 0 atom stereocenters. The maximum atomic E-state index is 6.26. The van der Waals surface area contributed by atoms with Crippen LogP contribution in [0.5, 0.6) is 0 Å². The standard InChI is InChI=1S/C17H28O3Si/c1-8-16(3,4)19-21(18-7,20-17(5,6)9-2)15-13-11-10-12-14-15/h1-2,15H,10-14H2,3-7H3.